The maximum absolute atomic E-state index is 11.2. The van der Waals surface area contributed by atoms with Crippen LogP contribution in [-0.2, 0) is 0 Å². The molecule has 0 saturated carbocycles. The van der Waals surface area contributed by atoms with Gasteiger partial charge < -0.3 is 16.4 Å². The lowest BCUT2D eigenvalue weighted by Crippen LogP contribution is -2.31. The van der Waals surface area contributed by atoms with Gasteiger partial charge in [0.15, 0.2) is 0 Å². The van der Waals surface area contributed by atoms with Crippen molar-refractivity contribution in [2.75, 3.05) is 18.5 Å². The van der Waals surface area contributed by atoms with Gasteiger partial charge in [-0.05, 0) is 43.0 Å². The van der Waals surface area contributed by atoms with E-state index in [9.17, 15) is 4.79 Å². The molecule has 4 N–H and O–H groups in total. The van der Waals surface area contributed by atoms with Crippen LogP contribution in [0.5, 0.6) is 0 Å². The highest BCUT2D eigenvalue weighted by molar-refractivity contribution is 5.94. The summed E-state index contributed by atoms with van der Waals surface area (Å²) < 4.78 is 0. The largest absolute Gasteiger partial charge is 0.375 e. The Bertz CT molecular complexity index is 443. The molecule has 0 radical (unpaired) electrons. The lowest BCUT2D eigenvalue weighted by Gasteiger charge is -2.23. The average molecular weight is 263 g/mol. The molecule has 4 heteroatoms. The first kappa shape index (κ1) is 15.5. The molecule has 1 aromatic rings. The summed E-state index contributed by atoms with van der Waals surface area (Å²) in [6, 6.07) is 5.91. The minimum Gasteiger partial charge on any atom is -0.375 e. The van der Waals surface area contributed by atoms with Gasteiger partial charge in [-0.1, -0.05) is 13.8 Å². The van der Waals surface area contributed by atoms with Crippen molar-refractivity contribution >= 4 is 11.6 Å². The molecule has 1 unspecified atom stereocenters. The van der Waals surface area contributed by atoms with E-state index in [0.717, 1.165) is 24.2 Å². The highest BCUT2D eigenvalue weighted by Crippen LogP contribution is 2.18. The SMILES string of the molecule is Cc1cc(N(C)CCC(N)C(C)C)ccc1C(N)=O. The van der Waals surface area contributed by atoms with Crippen molar-refractivity contribution in [2.24, 2.45) is 17.4 Å². The summed E-state index contributed by atoms with van der Waals surface area (Å²) >= 11 is 0. The number of nitrogens with zero attached hydrogens (tertiary/aromatic N) is 1. The van der Waals surface area contributed by atoms with E-state index in [2.05, 4.69) is 18.7 Å². The number of amides is 1. The van der Waals surface area contributed by atoms with E-state index in [1.165, 1.54) is 0 Å². The molecule has 106 valence electrons. The fourth-order valence-corrected chi connectivity index (χ4v) is 1.97. The summed E-state index contributed by atoms with van der Waals surface area (Å²) in [6.45, 7) is 7.07. The Balaban J connectivity index is 2.70. The third-order valence-electron chi connectivity index (χ3n) is 3.57. The Hall–Kier alpha value is -1.55. The van der Waals surface area contributed by atoms with E-state index in [0.29, 0.717) is 11.5 Å². The quantitative estimate of drug-likeness (QED) is 0.823. The number of hydrogen-bond donors (Lipinski definition) is 2. The lowest BCUT2D eigenvalue weighted by molar-refractivity contribution is 0.1000. The van der Waals surface area contributed by atoms with Crippen LogP contribution < -0.4 is 16.4 Å². The predicted molar refractivity (Wildman–Crippen MR) is 80.4 cm³/mol. The third kappa shape index (κ3) is 4.24. The normalized spacial score (nSPS) is 12.5. The van der Waals surface area contributed by atoms with E-state index in [1.807, 2.05) is 26.1 Å². The van der Waals surface area contributed by atoms with Crippen LogP contribution in [-0.4, -0.2) is 25.5 Å². The molecule has 19 heavy (non-hydrogen) atoms. The van der Waals surface area contributed by atoms with Crippen molar-refractivity contribution < 1.29 is 4.79 Å². The van der Waals surface area contributed by atoms with Crippen molar-refractivity contribution in [1.82, 2.24) is 0 Å². The molecule has 0 aliphatic rings. The van der Waals surface area contributed by atoms with Gasteiger partial charge in [0, 0.05) is 30.9 Å². The minimum atomic E-state index is -0.381. The minimum absolute atomic E-state index is 0.216. The average Bonchev–Trinajstić information content (AvgIpc) is 2.34. The van der Waals surface area contributed by atoms with Crippen molar-refractivity contribution in [3.63, 3.8) is 0 Å². The number of carbonyl (C=O) groups is 1. The zero-order chi connectivity index (χ0) is 14.6. The number of hydrogen-bond acceptors (Lipinski definition) is 3. The van der Waals surface area contributed by atoms with Gasteiger partial charge >= 0.3 is 0 Å². The zero-order valence-electron chi connectivity index (χ0n) is 12.3. The number of primary amides is 1. The summed E-state index contributed by atoms with van der Waals surface area (Å²) in [7, 11) is 2.03. The molecule has 1 aromatic carbocycles. The predicted octanol–water partition coefficient (Wildman–Crippen LogP) is 1.90. The monoisotopic (exact) mass is 263 g/mol. The highest BCUT2D eigenvalue weighted by atomic mass is 16.1. The van der Waals surface area contributed by atoms with Gasteiger partial charge in [-0.3, -0.25) is 4.79 Å². The van der Waals surface area contributed by atoms with E-state index in [-0.39, 0.29) is 11.9 Å². The van der Waals surface area contributed by atoms with Crippen molar-refractivity contribution in [3.8, 4) is 0 Å². The zero-order valence-corrected chi connectivity index (χ0v) is 12.3. The molecule has 4 nitrogen and oxygen atoms in total. The lowest BCUT2D eigenvalue weighted by atomic mass is 10.0. The van der Waals surface area contributed by atoms with Crippen LogP contribution in [0, 0.1) is 12.8 Å². The molecule has 0 saturated heterocycles. The molecular formula is C15H25N3O. The van der Waals surface area contributed by atoms with E-state index in [4.69, 9.17) is 11.5 Å². The van der Waals surface area contributed by atoms with E-state index >= 15 is 0 Å². The first-order valence-corrected chi connectivity index (χ1v) is 6.70. The van der Waals surface area contributed by atoms with Gasteiger partial charge in [0.25, 0.3) is 0 Å². The fourth-order valence-electron chi connectivity index (χ4n) is 1.97. The first-order chi connectivity index (χ1) is 8.82. The molecule has 1 atom stereocenters. The second-order valence-electron chi connectivity index (χ2n) is 5.48. The molecule has 0 fully saturated rings. The van der Waals surface area contributed by atoms with Crippen LogP contribution in [0.2, 0.25) is 0 Å². The van der Waals surface area contributed by atoms with Gasteiger partial charge in [-0.15, -0.1) is 0 Å². The number of aryl methyl sites for hydroxylation is 1. The van der Waals surface area contributed by atoms with Crippen molar-refractivity contribution in [1.29, 1.82) is 0 Å². The summed E-state index contributed by atoms with van der Waals surface area (Å²) in [5.41, 5.74) is 13.9. The Morgan fingerprint density at radius 1 is 1.37 bits per heavy atom. The van der Waals surface area contributed by atoms with E-state index in [1.54, 1.807) is 6.07 Å². The summed E-state index contributed by atoms with van der Waals surface area (Å²) in [5.74, 6) is 0.112. The number of nitrogens with two attached hydrogens (primary N) is 2. The number of benzene rings is 1. The van der Waals surface area contributed by atoms with Crippen LogP contribution in [0.3, 0.4) is 0 Å². The number of rotatable bonds is 6. The molecule has 0 aliphatic carbocycles. The summed E-state index contributed by atoms with van der Waals surface area (Å²) in [6.07, 6.45) is 0.949. The van der Waals surface area contributed by atoms with Gasteiger partial charge in [0.1, 0.15) is 0 Å². The van der Waals surface area contributed by atoms with Crippen molar-refractivity contribution in [3.05, 3.63) is 29.3 Å². The molecule has 0 heterocycles. The van der Waals surface area contributed by atoms with Gasteiger partial charge in [0.05, 0.1) is 0 Å². The van der Waals surface area contributed by atoms with Gasteiger partial charge in [-0.25, -0.2) is 0 Å². The van der Waals surface area contributed by atoms with Crippen LogP contribution in [0.4, 0.5) is 5.69 Å². The Morgan fingerprint density at radius 2 is 2.00 bits per heavy atom. The van der Waals surface area contributed by atoms with Crippen LogP contribution in [0.25, 0.3) is 0 Å². The molecule has 0 aromatic heterocycles. The van der Waals surface area contributed by atoms with Gasteiger partial charge in [-0.2, -0.15) is 0 Å². The molecule has 0 spiro atoms. The Morgan fingerprint density at radius 3 is 2.47 bits per heavy atom. The molecule has 1 amide bonds. The third-order valence-corrected chi connectivity index (χ3v) is 3.57. The number of carbonyl (C=O) groups excluding carboxylic acids is 1. The molecule has 0 aliphatic heterocycles. The topological polar surface area (TPSA) is 72.3 Å². The maximum Gasteiger partial charge on any atom is 0.248 e. The molecule has 1 rings (SSSR count). The second-order valence-corrected chi connectivity index (χ2v) is 5.48. The first-order valence-electron chi connectivity index (χ1n) is 6.70. The molecular weight excluding hydrogens is 238 g/mol. The summed E-state index contributed by atoms with van der Waals surface area (Å²) in [4.78, 5) is 13.3. The summed E-state index contributed by atoms with van der Waals surface area (Å²) in [5, 5.41) is 0. The fraction of sp³-hybridized carbons (Fsp3) is 0.533. The second kappa shape index (κ2) is 6.57. The number of anilines is 1. The van der Waals surface area contributed by atoms with Crippen molar-refractivity contribution in [2.45, 2.75) is 33.2 Å². The van der Waals surface area contributed by atoms with Crippen LogP contribution >= 0.6 is 0 Å². The Kier molecular flexibility index (Phi) is 5.36. The van der Waals surface area contributed by atoms with E-state index < -0.39 is 0 Å². The molecule has 0 bridgehead atoms. The smallest absolute Gasteiger partial charge is 0.248 e. The maximum atomic E-state index is 11.2. The highest BCUT2D eigenvalue weighted by Gasteiger charge is 2.11. The van der Waals surface area contributed by atoms with Crippen LogP contribution in [0.15, 0.2) is 18.2 Å². The van der Waals surface area contributed by atoms with Gasteiger partial charge in [0.2, 0.25) is 5.91 Å². The Labute approximate surface area is 115 Å². The standard InChI is InChI=1S/C15H25N3O/c1-10(2)14(16)7-8-18(4)12-5-6-13(15(17)19)11(3)9-12/h5-6,9-10,14H,7-8,16H2,1-4H3,(H2,17,19). The van der Waals surface area contributed by atoms with Crippen LogP contribution in [0.1, 0.15) is 36.2 Å².